The van der Waals surface area contributed by atoms with Gasteiger partial charge in [0.15, 0.2) is 11.5 Å². The van der Waals surface area contributed by atoms with Crippen LogP contribution in [0.15, 0.2) is 36.4 Å². The monoisotopic (exact) mass is 329 g/mol. The highest BCUT2D eigenvalue weighted by atomic mass is 16.7. The predicted molar refractivity (Wildman–Crippen MR) is 92.7 cm³/mol. The van der Waals surface area contributed by atoms with E-state index in [9.17, 15) is 0 Å². The van der Waals surface area contributed by atoms with Gasteiger partial charge in [-0.3, -0.25) is 0 Å². The van der Waals surface area contributed by atoms with Gasteiger partial charge < -0.3 is 24.3 Å². The van der Waals surface area contributed by atoms with Crippen molar-refractivity contribution in [3.63, 3.8) is 0 Å². The SMILES string of the molecule is COCC(C)NCc1ccc(-c2cc3c(cc2OC)OCO3)cc1. The van der Waals surface area contributed by atoms with Gasteiger partial charge in [0.1, 0.15) is 5.75 Å². The van der Waals surface area contributed by atoms with Crippen LogP contribution in [0.25, 0.3) is 11.1 Å². The van der Waals surface area contributed by atoms with Gasteiger partial charge in [-0.2, -0.15) is 0 Å². The molecule has 2 aromatic carbocycles. The van der Waals surface area contributed by atoms with E-state index in [0.717, 1.165) is 34.9 Å². The molecule has 0 amide bonds. The fourth-order valence-electron chi connectivity index (χ4n) is 2.72. The molecule has 0 aromatic heterocycles. The molecular formula is C19H23NO4. The van der Waals surface area contributed by atoms with Crippen molar-refractivity contribution >= 4 is 0 Å². The van der Waals surface area contributed by atoms with Crippen LogP contribution < -0.4 is 19.5 Å². The number of rotatable bonds is 7. The first-order chi connectivity index (χ1) is 11.7. The smallest absolute Gasteiger partial charge is 0.231 e. The third-order valence-electron chi connectivity index (χ3n) is 4.03. The molecule has 1 heterocycles. The Hall–Kier alpha value is -2.24. The molecule has 0 saturated carbocycles. The topological polar surface area (TPSA) is 49.0 Å². The lowest BCUT2D eigenvalue weighted by atomic mass is 10.0. The van der Waals surface area contributed by atoms with Gasteiger partial charge in [0, 0.05) is 31.3 Å². The first-order valence-corrected chi connectivity index (χ1v) is 8.00. The summed E-state index contributed by atoms with van der Waals surface area (Å²) >= 11 is 0. The Labute approximate surface area is 142 Å². The number of hydrogen-bond acceptors (Lipinski definition) is 5. The molecule has 3 rings (SSSR count). The molecule has 0 spiro atoms. The molecular weight excluding hydrogens is 306 g/mol. The highest BCUT2D eigenvalue weighted by Gasteiger charge is 2.18. The van der Waals surface area contributed by atoms with Crippen molar-refractivity contribution in [3.05, 3.63) is 42.0 Å². The second-order valence-electron chi connectivity index (χ2n) is 5.84. The van der Waals surface area contributed by atoms with E-state index >= 15 is 0 Å². The van der Waals surface area contributed by atoms with Crippen LogP contribution in [0.1, 0.15) is 12.5 Å². The summed E-state index contributed by atoms with van der Waals surface area (Å²) in [5.41, 5.74) is 3.30. The summed E-state index contributed by atoms with van der Waals surface area (Å²) in [6.07, 6.45) is 0. The first-order valence-electron chi connectivity index (χ1n) is 8.00. The summed E-state index contributed by atoms with van der Waals surface area (Å²) in [6, 6.07) is 12.6. The number of methoxy groups -OCH3 is 2. The number of ether oxygens (including phenoxy) is 4. The van der Waals surface area contributed by atoms with Gasteiger partial charge in [-0.1, -0.05) is 24.3 Å². The van der Waals surface area contributed by atoms with Gasteiger partial charge >= 0.3 is 0 Å². The van der Waals surface area contributed by atoms with Crippen LogP contribution in [-0.4, -0.2) is 33.7 Å². The molecule has 128 valence electrons. The van der Waals surface area contributed by atoms with Crippen molar-refractivity contribution in [2.75, 3.05) is 27.6 Å². The Balaban J connectivity index is 1.76. The van der Waals surface area contributed by atoms with E-state index in [1.165, 1.54) is 5.56 Å². The summed E-state index contributed by atoms with van der Waals surface area (Å²) < 4.78 is 21.5. The van der Waals surface area contributed by atoms with E-state index in [1.807, 2.05) is 12.1 Å². The van der Waals surface area contributed by atoms with Crippen LogP contribution >= 0.6 is 0 Å². The minimum atomic E-state index is 0.256. The molecule has 0 bridgehead atoms. The maximum Gasteiger partial charge on any atom is 0.231 e. The number of hydrogen-bond donors (Lipinski definition) is 1. The number of nitrogens with one attached hydrogen (secondary N) is 1. The summed E-state index contributed by atoms with van der Waals surface area (Å²) in [7, 11) is 3.38. The lowest BCUT2D eigenvalue weighted by Gasteiger charge is -2.13. The average Bonchev–Trinajstić information content (AvgIpc) is 3.07. The van der Waals surface area contributed by atoms with E-state index in [-0.39, 0.29) is 6.79 Å². The van der Waals surface area contributed by atoms with Crippen LogP contribution in [-0.2, 0) is 11.3 Å². The Morgan fingerprint density at radius 3 is 2.46 bits per heavy atom. The van der Waals surface area contributed by atoms with Gasteiger partial charge in [-0.25, -0.2) is 0 Å². The van der Waals surface area contributed by atoms with Crippen LogP contribution in [0.2, 0.25) is 0 Å². The zero-order valence-corrected chi connectivity index (χ0v) is 14.3. The minimum absolute atomic E-state index is 0.256. The van der Waals surface area contributed by atoms with Crippen molar-refractivity contribution in [1.29, 1.82) is 0 Å². The molecule has 0 radical (unpaired) electrons. The molecule has 24 heavy (non-hydrogen) atoms. The summed E-state index contributed by atoms with van der Waals surface area (Å²) in [5, 5.41) is 3.43. The molecule has 2 aromatic rings. The van der Waals surface area contributed by atoms with Gasteiger partial charge in [-0.05, 0) is 24.1 Å². The molecule has 5 heteroatoms. The maximum absolute atomic E-state index is 5.50. The Morgan fingerprint density at radius 2 is 1.79 bits per heavy atom. The normalized spacial score (nSPS) is 13.8. The number of fused-ring (bicyclic) bond motifs is 1. The van der Waals surface area contributed by atoms with Gasteiger partial charge in [0.2, 0.25) is 6.79 Å². The highest BCUT2D eigenvalue weighted by Crippen LogP contribution is 2.42. The molecule has 1 atom stereocenters. The van der Waals surface area contributed by atoms with E-state index < -0.39 is 0 Å². The molecule has 1 aliphatic heterocycles. The lowest BCUT2D eigenvalue weighted by Crippen LogP contribution is -2.29. The van der Waals surface area contributed by atoms with E-state index in [2.05, 4.69) is 36.5 Å². The van der Waals surface area contributed by atoms with Crippen LogP contribution in [0.3, 0.4) is 0 Å². The van der Waals surface area contributed by atoms with Crippen molar-refractivity contribution in [3.8, 4) is 28.4 Å². The third-order valence-corrected chi connectivity index (χ3v) is 4.03. The molecule has 0 aliphatic carbocycles. The average molecular weight is 329 g/mol. The van der Waals surface area contributed by atoms with E-state index in [0.29, 0.717) is 12.6 Å². The van der Waals surface area contributed by atoms with Crippen molar-refractivity contribution < 1.29 is 18.9 Å². The molecule has 1 aliphatic rings. The highest BCUT2D eigenvalue weighted by molar-refractivity contribution is 5.74. The van der Waals surface area contributed by atoms with Gasteiger partial charge in [0.25, 0.3) is 0 Å². The van der Waals surface area contributed by atoms with Crippen LogP contribution in [0, 0.1) is 0 Å². The zero-order valence-electron chi connectivity index (χ0n) is 14.3. The zero-order chi connectivity index (χ0) is 16.9. The lowest BCUT2D eigenvalue weighted by molar-refractivity contribution is 0.171. The van der Waals surface area contributed by atoms with Crippen molar-refractivity contribution in [2.24, 2.45) is 0 Å². The van der Waals surface area contributed by atoms with Gasteiger partial charge in [0.05, 0.1) is 13.7 Å². The summed E-state index contributed by atoms with van der Waals surface area (Å²) in [4.78, 5) is 0. The van der Waals surface area contributed by atoms with Crippen molar-refractivity contribution in [2.45, 2.75) is 19.5 Å². The van der Waals surface area contributed by atoms with Crippen LogP contribution in [0.5, 0.6) is 17.2 Å². The quantitative estimate of drug-likeness (QED) is 0.845. The Bertz CT molecular complexity index is 685. The molecule has 1 N–H and O–H groups in total. The summed E-state index contributed by atoms with van der Waals surface area (Å²) in [5.74, 6) is 2.26. The Kier molecular flexibility index (Phi) is 5.23. The predicted octanol–water partition coefficient (Wildman–Crippen LogP) is 3.22. The van der Waals surface area contributed by atoms with Gasteiger partial charge in [-0.15, -0.1) is 0 Å². The standard InChI is InChI=1S/C19H23NO4/c1-13(11-21-2)20-10-14-4-6-15(7-5-14)16-8-18-19(24-12-23-18)9-17(16)22-3/h4-9,13,20H,10-12H2,1-3H3. The molecule has 0 fully saturated rings. The van der Waals surface area contributed by atoms with Crippen molar-refractivity contribution in [1.82, 2.24) is 5.32 Å². The maximum atomic E-state index is 5.50. The van der Waals surface area contributed by atoms with E-state index in [1.54, 1.807) is 14.2 Å². The van der Waals surface area contributed by atoms with Crippen LogP contribution in [0.4, 0.5) is 0 Å². The summed E-state index contributed by atoms with van der Waals surface area (Å²) in [6.45, 7) is 3.87. The molecule has 0 saturated heterocycles. The fraction of sp³-hybridized carbons (Fsp3) is 0.368. The molecule has 5 nitrogen and oxygen atoms in total. The second kappa shape index (κ2) is 7.55. The Morgan fingerprint density at radius 1 is 1.08 bits per heavy atom. The number of benzene rings is 2. The fourth-order valence-corrected chi connectivity index (χ4v) is 2.72. The molecule has 1 unspecified atom stereocenters. The second-order valence-corrected chi connectivity index (χ2v) is 5.84. The first kappa shape index (κ1) is 16.6. The largest absolute Gasteiger partial charge is 0.496 e. The minimum Gasteiger partial charge on any atom is -0.496 e. The third kappa shape index (κ3) is 3.63. The van der Waals surface area contributed by atoms with E-state index in [4.69, 9.17) is 18.9 Å².